The van der Waals surface area contributed by atoms with Gasteiger partial charge in [0.2, 0.25) is 0 Å². The van der Waals surface area contributed by atoms with Crippen molar-refractivity contribution < 1.29 is 22.7 Å². The van der Waals surface area contributed by atoms with Crippen molar-refractivity contribution in [3.05, 3.63) is 68.9 Å². The zero-order chi connectivity index (χ0) is 20.6. The molecule has 28 heavy (non-hydrogen) atoms. The van der Waals surface area contributed by atoms with Crippen LogP contribution in [0.1, 0.15) is 19.4 Å². The number of hydrogen-bond donors (Lipinski definition) is 0. The minimum absolute atomic E-state index is 0.0588. The van der Waals surface area contributed by atoms with Crippen LogP contribution in [0.15, 0.2) is 45.9 Å². The van der Waals surface area contributed by atoms with Crippen molar-refractivity contribution in [1.29, 1.82) is 0 Å². The van der Waals surface area contributed by atoms with Crippen LogP contribution in [-0.4, -0.2) is 5.97 Å². The van der Waals surface area contributed by atoms with Gasteiger partial charge in [0.1, 0.15) is 24.1 Å². The van der Waals surface area contributed by atoms with E-state index in [-0.39, 0.29) is 22.5 Å². The number of benzene rings is 2. The Kier molecular flexibility index (Phi) is 6.05. The molecule has 0 aromatic heterocycles. The molecule has 2 nitrogen and oxygen atoms in total. The Bertz CT molecular complexity index is 938. The molecular weight excluding hydrogens is 501 g/mol. The van der Waals surface area contributed by atoms with E-state index in [4.69, 9.17) is 4.74 Å². The van der Waals surface area contributed by atoms with E-state index >= 15 is 0 Å². The first-order chi connectivity index (χ1) is 13.1. The second kappa shape index (κ2) is 8.03. The summed E-state index contributed by atoms with van der Waals surface area (Å²) in [7, 11) is 0. The second-order valence-corrected chi connectivity index (χ2v) is 10.0. The van der Waals surface area contributed by atoms with E-state index in [0.29, 0.717) is 6.07 Å². The van der Waals surface area contributed by atoms with Gasteiger partial charge in [-0.15, -0.1) is 0 Å². The van der Waals surface area contributed by atoms with Crippen LogP contribution in [0.5, 0.6) is 0 Å². The number of carbonyl (C=O) groups excluding carboxylic acids is 1. The number of allylic oxidation sites excluding steroid dienone is 1. The number of carbonyl (C=O) groups is 1. The van der Waals surface area contributed by atoms with Crippen molar-refractivity contribution in [1.82, 2.24) is 0 Å². The van der Waals surface area contributed by atoms with Gasteiger partial charge in [0.15, 0.2) is 0 Å². The van der Waals surface area contributed by atoms with E-state index in [2.05, 4.69) is 31.9 Å². The SMILES string of the molecule is CC1(C)[C@H](C(=O)OCc2c(F)cc(F)c(-c3ccccc3)c2F)[C@@H]1C=C(Br)Br. The summed E-state index contributed by atoms with van der Waals surface area (Å²) in [6.07, 6.45) is 1.85. The summed E-state index contributed by atoms with van der Waals surface area (Å²) in [5.74, 6) is -4.18. The van der Waals surface area contributed by atoms with Crippen LogP contribution in [0.2, 0.25) is 0 Å². The van der Waals surface area contributed by atoms with Gasteiger partial charge in [-0.25, -0.2) is 13.2 Å². The first kappa shape index (κ1) is 21.1. The molecule has 3 rings (SSSR count). The van der Waals surface area contributed by atoms with Crippen LogP contribution in [0.3, 0.4) is 0 Å². The van der Waals surface area contributed by atoms with Gasteiger partial charge in [0.05, 0.1) is 20.4 Å². The van der Waals surface area contributed by atoms with Gasteiger partial charge in [-0.05, 0) is 48.8 Å². The Hall–Kier alpha value is -1.60. The molecule has 0 aliphatic heterocycles. The molecule has 2 aromatic carbocycles. The first-order valence-electron chi connectivity index (χ1n) is 8.55. The minimum Gasteiger partial charge on any atom is -0.460 e. The lowest BCUT2D eigenvalue weighted by atomic mass is 10.0. The summed E-state index contributed by atoms with van der Waals surface area (Å²) in [5, 5.41) is 0. The van der Waals surface area contributed by atoms with Crippen molar-refractivity contribution in [2.45, 2.75) is 20.5 Å². The average Bonchev–Trinajstić information content (AvgIpc) is 3.14. The Morgan fingerprint density at radius 3 is 2.39 bits per heavy atom. The van der Waals surface area contributed by atoms with Crippen molar-refractivity contribution in [3.63, 3.8) is 0 Å². The highest BCUT2D eigenvalue weighted by Gasteiger charge is 2.61. The monoisotopic (exact) mass is 516 g/mol. The molecule has 0 spiro atoms. The maximum Gasteiger partial charge on any atom is 0.310 e. The van der Waals surface area contributed by atoms with Gasteiger partial charge < -0.3 is 4.74 Å². The van der Waals surface area contributed by atoms with Crippen LogP contribution in [0, 0.1) is 34.7 Å². The van der Waals surface area contributed by atoms with Crippen LogP contribution in [0.4, 0.5) is 13.2 Å². The number of halogens is 5. The number of ether oxygens (including phenoxy) is 1. The largest absolute Gasteiger partial charge is 0.460 e. The fourth-order valence-corrected chi connectivity index (χ4v) is 4.01. The normalized spacial score (nSPS) is 19.8. The van der Waals surface area contributed by atoms with E-state index in [1.807, 2.05) is 19.9 Å². The molecule has 2 aromatic rings. The molecule has 1 aliphatic carbocycles. The third-order valence-electron chi connectivity index (χ3n) is 5.16. The minimum atomic E-state index is -1.09. The molecule has 1 fully saturated rings. The van der Waals surface area contributed by atoms with Gasteiger partial charge in [0, 0.05) is 6.07 Å². The second-order valence-electron chi connectivity index (χ2n) is 7.26. The Labute approximate surface area is 178 Å². The summed E-state index contributed by atoms with van der Waals surface area (Å²) >= 11 is 6.53. The zero-order valence-corrected chi connectivity index (χ0v) is 18.3. The molecule has 7 heteroatoms. The topological polar surface area (TPSA) is 26.3 Å². The van der Waals surface area contributed by atoms with E-state index in [0.717, 1.165) is 3.39 Å². The van der Waals surface area contributed by atoms with E-state index < -0.39 is 41.5 Å². The summed E-state index contributed by atoms with van der Waals surface area (Å²) in [6, 6.07) is 8.63. The van der Waals surface area contributed by atoms with Crippen molar-refractivity contribution in [2.24, 2.45) is 17.3 Å². The van der Waals surface area contributed by atoms with Crippen molar-refractivity contribution in [3.8, 4) is 11.1 Å². The van der Waals surface area contributed by atoms with Gasteiger partial charge in [-0.1, -0.05) is 50.3 Å². The molecule has 0 heterocycles. The number of esters is 1. The quantitative estimate of drug-likeness (QED) is 0.411. The van der Waals surface area contributed by atoms with Crippen LogP contribution in [-0.2, 0) is 16.1 Å². The van der Waals surface area contributed by atoms with E-state index in [1.54, 1.807) is 18.2 Å². The molecule has 0 bridgehead atoms. The molecule has 0 radical (unpaired) electrons. The maximum absolute atomic E-state index is 14.9. The number of hydrogen-bond acceptors (Lipinski definition) is 2. The van der Waals surface area contributed by atoms with Crippen LogP contribution < -0.4 is 0 Å². The predicted molar refractivity (Wildman–Crippen MR) is 108 cm³/mol. The third-order valence-corrected chi connectivity index (χ3v) is 5.69. The van der Waals surface area contributed by atoms with Crippen LogP contribution in [0.25, 0.3) is 11.1 Å². The summed E-state index contributed by atoms with van der Waals surface area (Å²) < 4.78 is 49.1. The maximum atomic E-state index is 14.9. The average molecular weight is 518 g/mol. The Morgan fingerprint density at radius 1 is 1.14 bits per heavy atom. The Morgan fingerprint density at radius 2 is 1.79 bits per heavy atom. The van der Waals surface area contributed by atoms with E-state index in [1.165, 1.54) is 12.1 Å². The van der Waals surface area contributed by atoms with Gasteiger partial charge in [-0.2, -0.15) is 0 Å². The van der Waals surface area contributed by atoms with Crippen molar-refractivity contribution >= 4 is 37.8 Å². The summed E-state index contributed by atoms with van der Waals surface area (Å²) in [4.78, 5) is 12.4. The Balaban J connectivity index is 1.82. The predicted octanol–water partition coefficient (Wildman–Crippen LogP) is 6.72. The fraction of sp³-hybridized carbons (Fsp3) is 0.286. The fourth-order valence-electron chi connectivity index (χ4n) is 3.44. The molecule has 148 valence electrons. The number of rotatable bonds is 5. The summed E-state index contributed by atoms with van der Waals surface area (Å²) in [6.45, 7) is 3.22. The highest BCUT2D eigenvalue weighted by Crippen LogP contribution is 2.60. The standard InChI is InChI=1S/C21H17Br2F3O2/c1-21(2)13(8-16(22)23)18(21)20(27)28-10-12-14(24)9-15(25)17(19(12)26)11-6-4-3-5-7-11/h3-9,13,18H,10H2,1-2H3/t13-,18-/m0/s1. The lowest BCUT2D eigenvalue weighted by Crippen LogP contribution is -2.13. The van der Waals surface area contributed by atoms with Gasteiger partial charge in [-0.3, -0.25) is 4.79 Å². The van der Waals surface area contributed by atoms with Crippen molar-refractivity contribution in [2.75, 3.05) is 0 Å². The summed E-state index contributed by atoms with van der Waals surface area (Å²) in [5.41, 5.74) is -0.857. The third kappa shape index (κ3) is 4.06. The molecular formula is C21H17Br2F3O2. The molecule has 0 amide bonds. The molecule has 1 saturated carbocycles. The highest BCUT2D eigenvalue weighted by atomic mass is 79.9. The molecule has 1 aliphatic rings. The zero-order valence-electron chi connectivity index (χ0n) is 15.1. The molecule has 0 N–H and O–H groups in total. The lowest BCUT2D eigenvalue weighted by Gasteiger charge is -2.12. The molecule has 0 saturated heterocycles. The molecule has 0 unspecified atom stereocenters. The first-order valence-corrected chi connectivity index (χ1v) is 10.1. The molecule has 2 atom stereocenters. The van der Waals surface area contributed by atoms with Gasteiger partial charge in [0.25, 0.3) is 0 Å². The lowest BCUT2D eigenvalue weighted by molar-refractivity contribution is -0.147. The van der Waals surface area contributed by atoms with E-state index in [9.17, 15) is 18.0 Å². The van der Waals surface area contributed by atoms with Gasteiger partial charge >= 0.3 is 5.97 Å². The highest BCUT2D eigenvalue weighted by molar-refractivity contribution is 9.28. The van der Waals surface area contributed by atoms with Crippen LogP contribution >= 0.6 is 31.9 Å². The smallest absolute Gasteiger partial charge is 0.310 e.